The lowest BCUT2D eigenvalue weighted by Crippen LogP contribution is -2.27. The molecule has 17 heavy (non-hydrogen) atoms. The number of hydrogen-bond donors (Lipinski definition) is 1. The summed E-state index contributed by atoms with van der Waals surface area (Å²) in [6, 6.07) is 5.28. The van der Waals surface area contributed by atoms with E-state index in [1.807, 2.05) is 6.07 Å². The van der Waals surface area contributed by atoms with Gasteiger partial charge in [-0.3, -0.25) is 4.31 Å². The molecule has 0 radical (unpaired) electrons. The smallest absolute Gasteiger partial charge is 0.232 e. The van der Waals surface area contributed by atoms with E-state index in [9.17, 15) is 13.5 Å². The molecule has 1 atom stereocenters. The second kappa shape index (κ2) is 4.48. The number of aliphatic hydroxyl groups is 1. The van der Waals surface area contributed by atoms with E-state index in [0.717, 1.165) is 11.1 Å². The Bertz CT molecular complexity index is 530. The van der Waals surface area contributed by atoms with Gasteiger partial charge in [0.25, 0.3) is 0 Å². The van der Waals surface area contributed by atoms with Crippen molar-refractivity contribution in [2.45, 2.75) is 12.5 Å². The van der Waals surface area contributed by atoms with Crippen LogP contribution in [0.4, 0.5) is 5.69 Å². The zero-order valence-electron chi connectivity index (χ0n) is 9.43. The van der Waals surface area contributed by atoms with Crippen molar-refractivity contribution in [3.05, 3.63) is 29.3 Å². The van der Waals surface area contributed by atoms with E-state index in [2.05, 4.69) is 0 Å². The molecule has 4 nitrogen and oxygen atoms in total. The van der Waals surface area contributed by atoms with Crippen LogP contribution >= 0.6 is 11.6 Å². The summed E-state index contributed by atoms with van der Waals surface area (Å²) >= 11 is 5.58. The van der Waals surface area contributed by atoms with Crippen LogP contribution in [0.1, 0.15) is 17.2 Å². The van der Waals surface area contributed by atoms with E-state index in [-0.39, 0.29) is 5.88 Å². The number of sulfonamides is 1. The number of benzene rings is 1. The predicted molar refractivity (Wildman–Crippen MR) is 68.0 cm³/mol. The predicted octanol–water partition coefficient (Wildman–Crippen LogP) is 1.28. The SMILES string of the molecule is CS(=O)(=O)N1CCc2cc(C(O)CCl)ccc21. The van der Waals surface area contributed by atoms with Crippen LogP contribution in [0.2, 0.25) is 0 Å². The van der Waals surface area contributed by atoms with Gasteiger partial charge in [-0.1, -0.05) is 12.1 Å². The van der Waals surface area contributed by atoms with E-state index in [1.165, 1.54) is 10.6 Å². The van der Waals surface area contributed by atoms with Crippen molar-refractivity contribution in [1.29, 1.82) is 0 Å². The molecule has 2 rings (SSSR count). The maximum absolute atomic E-state index is 11.5. The summed E-state index contributed by atoms with van der Waals surface area (Å²) in [7, 11) is -3.21. The molecule has 1 aliphatic rings. The van der Waals surface area contributed by atoms with Crippen LogP contribution in [0.25, 0.3) is 0 Å². The summed E-state index contributed by atoms with van der Waals surface area (Å²) < 4.78 is 24.4. The Balaban J connectivity index is 2.39. The molecule has 0 saturated heterocycles. The molecule has 1 aromatic rings. The average Bonchev–Trinajstić information content (AvgIpc) is 2.70. The lowest BCUT2D eigenvalue weighted by atomic mass is 10.1. The third-order valence-electron chi connectivity index (χ3n) is 2.89. The van der Waals surface area contributed by atoms with E-state index in [1.54, 1.807) is 12.1 Å². The molecule has 0 fully saturated rings. The quantitative estimate of drug-likeness (QED) is 0.846. The molecule has 1 N–H and O–H groups in total. The topological polar surface area (TPSA) is 57.6 Å². The molecular formula is C11H14ClNO3S. The second-order valence-electron chi connectivity index (χ2n) is 4.14. The molecule has 0 saturated carbocycles. The van der Waals surface area contributed by atoms with Gasteiger partial charge < -0.3 is 5.11 Å². The Kier molecular flexibility index (Phi) is 3.34. The molecule has 0 amide bonds. The minimum atomic E-state index is -3.21. The Morgan fingerprint density at radius 1 is 1.53 bits per heavy atom. The lowest BCUT2D eigenvalue weighted by Gasteiger charge is -2.17. The van der Waals surface area contributed by atoms with Crippen molar-refractivity contribution in [3.63, 3.8) is 0 Å². The number of hydrogen-bond acceptors (Lipinski definition) is 3. The van der Waals surface area contributed by atoms with Crippen molar-refractivity contribution in [1.82, 2.24) is 0 Å². The normalized spacial score (nSPS) is 17.0. The first kappa shape index (κ1) is 12.7. The van der Waals surface area contributed by atoms with Gasteiger partial charge in [-0.2, -0.15) is 0 Å². The highest BCUT2D eigenvalue weighted by Crippen LogP contribution is 2.32. The van der Waals surface area contributed by atoms with Crippen molar-refractivity contribution < 1.29 is 13.5 Å². The van der Waals surface area contributed by atoms with Crippen LogP contribution in [0, 0.1) is 0 Å². The Morgan fingerprint density at radius 2 is 2.24 bits per heavy atom. The third-order valence-corrected chi connectivity index (χ3v) is 4.36. The van der Waals surface area contributed by atoms with Gasteiger partial charge in [0.1, 0.15) is 0 Å². The van der Waals surface area contributed by atoms with E-state index < -0.39 is 16.1 Å². The van der Waals surface area contributed by atoms with Gasteiger partial charge in [0.2, 0.25) is 10.0 Å². The van der Waals surface area contributed by atoms with Gasteiger partial charge in [-0.05, 0) is 23.6 Å². The zero-order valence-corrected chi connectivity index (χ0v) is 11.0. The number of alkyl halides is 1. The summed E-state index contributed by atoms with van der Waals surface area (Å²) in [6.45, 7) is 0.467. The van der Waals surface area contributed by atoms with Crippen molar-refractivity contribution in [2.24, 2.45) is 0 Å². The van der Waals surface area contributed by atoms with Crippen LogP contribution in [0.15, 0.2) is 18.2 Å². The van der Waals surface area contributed by atoms with Gasteiger partial charge >= 0.3 is 0 Å². The number of fused-ring (bicyclic) bond motifs is 1. The highest BCUT2D eigenvalue weighted by molar-refractivity contribution is 7.92. The Labute approximate surface area is 106 Å². The highest BCUT2D eigenvalue weighted by Gasteiger charge is 2.26. The molecule has 1 aromatic carbocycles. The van der Waals surface area contributed by atoms with E-state index >= 15 is 0 Å². The third kappa shape index (κ3) is 2.41. The maximum Gasteiger partial charge on any atom is 0.232 e. The van der Waals surface area contributed by atoms with Crippen molar-refractivity contribution in [3.8, 4) is 0 Å². The minimum absolute atomic E-state index is 0.134. The van der Waals surface area contributed by atoms with Gasteiger partial charge in [0, 0.05) is 6.54 Å². The molecule has 0 aliphatic carbocycles. The fourth-order valence-electron chi connectivity index (χ4n) is 2.03. The molecule has 6 heteroatoms. The molecular weight excluding hydrogens is 262 g/mol. The minimum Gasteiger partial charge on any atom is -0.387 e. The highest BCUT2D eigenvalue weighted by atomic mass is 35.5. The number of halogens is 1. The fraction of sp³-hybridized carbons (Fsp3) is 0.455. The summed E-state index contributed by atoms with van der Waals surface area (Å²) in [5.41, 5.74) is 2.38. The summed E-state index contributed by atoms with van der Waals surface area (Å²) in [4.78, 5) is 0. The summed E-state index contributed by atoms with van der Waals surface area (Å²) in [5.74, 6) is 0.134. The molecule has 0 aromatic heterocycles. The van der Waals surface area contributed by atoms with Gasteiger partial charge in [-0.15, -0.1) is 11.6 Å². The molecule has 0 spiro atoms. The average molecular weight is 276 g/mol. The van der Waals surface area contributed by atoms with Crippen LogP contribution in [-0.4, -0.2) is 32.2 Å². The van der Waals surface area contributed by atoms with Crippen LogP contribution in [0.3, 0.4) is 0 Å². The first-order chi connectivity index (χ1) is 7.93. The molecule has 0 bridgehead atoms. The number of nitrogens with zero attached hydrogens (tertiary/aromatic N) is 1. The first-order valence-corrected chi connectivity index (χ1v) is 7.66. The second-order valence-corrected chi connectivity index (χ2v) is 6.36. The Morgan fingerprint density at radius 3 is 2.82 bits per heavy atom. The van der Waals surface area contributed by atoms with Crippen molar-refractivity contribution in [2.75, 3.05) is 23.0 Å². The van der Waals surface area contributed by atoms with Crippen LogP contribution in [0.5, 0.6) is 0 Å². The van der Waals surface area contributed by atoms with Crippen LogP contribution in [-0.2, 0) is 16.4 Å². The van der Waals surface area contributed by atoms with Gasteiger partial charge in [0.05, 0.1) is 23.9 Å². The molecule has 94 valence electrons. The summed E-state index contributed by atoms with van der Waals surface area (Å²) in [5, 5.41) is 9.62. The number of rotatable bonds is 3. The maximum atomic E-state index is 11.5. The van der Waals surface area contributed by atoms with Crippen molar-refractivity contribution >= 4 is 27.3 Å². The van der Waals surface area contributed by atoms with Crippen LogP contribution < -0.4 is 4.31 Å². The van der Waals surface area contributed by atoms with Gasteiger partial charge in [0.15, 0.2) is 0 Å². The van der Waals surface area contributed by atoms with E-state index in [0.29, 0.717) is 18.7 Å². The Hall–Kier alpha value is -0.780. The molecule has 1 aliphatic heterocycles. The number of aliphatic hydroxyl groups excluding tert-OH is 1. The number of anilines is 1. The lowest BCUT2D eigenvalue weighted by molar-refractivity contribution is 0.202. The zero-order chi connectivity index (χ0) is 12.6. The summed E-state index contributed by atoms with van der Waals surface area (Å²) in [6.07, 6.45) is 1.17. The van der Waals surface area contributed by atoms with E-state index in [4.69, 9.17) is 11.6 Å². The first-order valence-electron chi connectivity index (χ1n) is 5.28. The molecule has 1 unspecified atom stereocenters. The standard InChI is InChI=1S/C11H14ClNO3S/c1-17(15,16)13-5-4-8-6-9(11(14)7-12)2-3-10(8)13/h2-3,6,11,14H,4-5,7H2,1H3. The molecule has 1 heterocycles. The van der Waals surface area contributed by atoms with Gasteiger partial charge in [-0.25, -0.2) is 8.42 Å². The largest absolute Gasteiger partial charge is 0.387 e. The monoisotopic (exact) mass is 275 g/mol. The fourth-order valence-corrected chi connectivity index (χ4v) is 3.17.